The van der Waals surface area contributed by atoms with Crippen molar-refractivity contribution in [3.63, 3.8) is 0 Å². The predicted octanol–water partition coefficient (Wildman–Crippen LogP) is 3.16. The molecule has 0 amide bonds. The Hall–Kier alpha value is -0.820. The Morgan fingerprint density at radius 1 is 1.32 bits per heavy atom. The second-order valence-corrected chi connectivity index (χ2v) is 7.83. The summed E-state index contributed by atoms with van der Waals surface area (Å²) in [6.45, 7) is 1.61. The van der Waals surface area contributed by atoms with Crippen LogP contribution in [0.4, 0.5) is 18.3 Å². The van der Waals surface area contributed by atoms with Gasteiger partial charge in [-0.3, -0.25) is 9.89 Å². The molecule has 0 saturated carbocycles. The maximum Gasteiger partial charge on any atom is 0.401 e. The van der Waals surface area contributed by atoms with Crippen LogP contribution >= 0.6 is 35.3 Å². The van der Waals surface area contributed by atoms with Gasteiger partial charge in [-0.1, -0.05) is 0 Å². The fourth-order valence-electron chi connectivity index (χ4n) is 3.06. The first-order chi connectivity index (χ1) is 12.8. The average Bonchev–Trinajstić information content (AvgIpc) is 3.07. The number of halogens is 4. The molecule has 28 heavy (non-hydrogen) atoms. The third kappa shape index (κ3) is 9.12. The van der Waals surface area contributed by atoms with E-state index < -0.39 is 12.7 Å². The number of thiazole rings is 1. The van der Waals surface area contributed by atoms with E-state index >= 15 is 0 Å². The monoisotopic (exact) mass is 534 g/mol. The fourth-order valence-corrected chi connectivity index (χ4v) is 3.82. The zero-order chi connectivity index (χ0) is 19.9. The minimum Gasteiger partial charge on any atom is -0.356 e. The number of alkyl halides is 3. The Kier molecular flexibility index (Phi) is 10.8. The Labute approximate surface area is 186 Å². The summed E-state index contributed by atoms with van der Waals surface area (Å²) < 4.78 is 37.3. The lowest BCUT2D eigenvalue weighted by molar-refractivity contribution is -0.148. The number of nitrogens with zero attached hydrogens (tertiary/aromatic N) is 4. The van der Waals surface area contributed by atoms with Gasteiger partial charge in [0, 0.05) is 33.1 Å². The quantitative estimate of drug-likeness (QED) is 0.320. The number of piperidine rings is 1. The second kappa shape index (κ2) is 12.0. The highest BCUT2D eigenvalue weighted by atomic mass is 127. The fraction of sp³-hybridized carbons (Fsp3) is 0.765. The Balaban J connectivity index is 0.00000392. The molecule has 1 aliphatic heterocycles. The van der Waals surface area contributed by atoms with E-state index in [9.17, 15) is 13.2 Å². The van der Waals surface area contributed by atoms with Gasteiger partial charge in [0.25, 0.3) is 0 Å². The van der Waals surface area contributed by atoms with Gasteiger partial charge >= 0.3 is 6.18 Å². The van der Waals surface area contributed by atoms with E-state index in [4.69, 9.17) is 0 Å². The van der Waals surface area contributed by atoms with E-state index in [0.717, 1.165) is 36.6 Å². The lowest BCUT2D eigenvalue weighted by Crippen LogP contribution is -2.41. The lowest BCUT2D eigenvalue weighted by atomic mass is 9.93. The van der Waals surface area contributed by atoms with E-state index in [1.54, 1.807) is 18.4 Å². The molecule has 1 saturated heterocycles. The molecule has 0 bridgehead atoms. The number of guanidine groups is 1. The second-order valence-electron chi connectivity index (χ2n) is 6.99. The Bertz CT molecular complexity index is 600. The molecule has 0 unspecified atom stereocenters. The number of likely N-dealkylation sites (tertiary alicyclic amines) is 1. The highest BCUT2D eigenvalue weighted by Gasteiger charge is 2.32. The van der Waals surface area contributed by atoms with Crippen LogP contribution in [0.25, 0.3) is 0 Å². The Morgan fingerprint density at radius 2 is 2.00 bits per heavy atom. The summed E-state index contributed by atoms with van der Waals surface area (Å²) >= 11 is 1.60. The summed E-state index contributed by atoms with van der Waals surface area (Å²) in [5.74, 6) is 1.17. The SMILES string of the molecule is CN=C(NCCC1CCN(CC(F)(F)F)CC1)NCc1csc(N(C)C)n1.I. The molecule has 0 aliphatic carbocycles. The average molecular weight is 534 g/mol. The molecule has 0 aromatic carbocycles. The van der Waals surface area contributed by atoms with Crippen LogP contribution in [-0.2, 0) is 6.54 Å². The van der Waals surface area contributed by atoms with Gasteiger partial charge in [0.1, 0.15) is 0 Å². The minimum atomic E-state index is -4.10. The first-order valence-electron chi connectivity index (χ1n) is 9.12. The van der Waals surface area contributed by atoms with Gasteiger partial charge in [-0.2, -0.15) is 13.2 Å². The molecule has 11 heteroatoms. The molecule has 6 nitrogen and oxygen atoms in total. The number of anilines is 1. The molecule has 0 radical (unpaired) electrons. The maximum atomic E-state index is 12.4. The van der Waals surface area contributed by atoms with Crippen LogP contribution in [-0.4, -0.2) is 69.3 Å². The lowest BCUT2D eigenvalue weighted by Gasteiger charge is -2.32. The molecule has 1 aliphatic rings. The van der Waals surface area contributed by atoms with Crippen molar-refractivity contribution < 1.29 is 13.2 Å². The van der Waals surface area contributed by atoms with Gasteiger partial charge in [0.2, 0.25) is 0 Å². The molecule has 1 aromatic rings. The van der Waals surface area contributed by atoms with Crippen molar-refractivity contribution in [1.29, 1.82) is 0 Å². The number of aliphatic imine (C=N–C) groups is 1. The molecule has 2 heterocycles. The van der Waals surface area contributed by atoms with E-state index in [1.807, 2.05) is 24.4 Å². The van der Waals surface area contributed by atoms with Crippen LogP contribution in [0.3, 0.4) is 0 Å². The summed E-state index contributed by atoms with van der Waals surface area (Å²) in [4.78, 5) is 12.2. The van der Waals surface area contributed by atoms with Gasteiger partial charge in [-0.05, 0) is 38.3 Å². The molecule has 0 atom stereocenters. The smallest absolute Gasteiger partial charge is 0.356 e. The van der Waals surface area contributed by atoms with E-state index in [0.29, 0.717) is 31.5 Å². The van der Waals surface area contributed by atoms with Crippen LogP contribution < -0.4 is 15.5 Å². The van der Waals surface area contributed by atoms with Gasteiger partial charge < -0.3 is 15.5 Å². The van der Waals surface area contributed by atoms with Crippen LogP contribution in [0, 0.1) is 5.92 Å². The van der Waals surface area contributed by atoms with Crippen LogP contribution in [0.1, 0.15) is 25.0 Å². The molecule has 1 aromatic heterocycles. The normalized spacial score (nSPS) is 16.6. The summed E-state index contributed by atoms with van der Waals surface area (Å²) in [7, 11) is 5.64. The summed E-state index contributed by atoms with van der Waals surface area (Å²) in [6, 6.07) is 0. The van der Waals surface area contributed by atoms with E-state index in [2.05, 4.69) is 20.6 Å². The van der Waals surface area contributed by atoms with Crippen molar-refractivity contribution >= 4 is 46.4 Å². The number of aromatic nitrogens is 1. The minimum absolute atomic E-state index is 0. The number of nitrogens with one attached hydrogen (secondary N) is 2. The van der Waals surface area contributed by atoms with Gasteiger partial charge in [-0.15, -0.1) is 35.3 Å². The van der Waals surface area contributed by atoms with Gasteiger partial charge in [0.15, 0.2) is 11.1 Å². The third-order valence-electron chi connectivity index (χ3n) is 4.54. The van der Waals surface area contributed by atoms with Crippen molar-refractivity contribution in [2.75, 3.05) is 52.2 Å². The maximum absolute atomic E-state index is 12.4. The van der Waals surface area contributed by atoms with E-state index in [-0.39, 0.29) is 24.0 Å². The Morgan fingerprint density at radius 3 is 2.54 bits per heavy atom. The number of rotatable bonds is 7. The standard InChI is InChI=1S/C17H29F3N6S.HI/c1-21-15(23-10-14-11-27-16(24-14)25(2)3)22-7-4-13-5-8-26(9-6-13)12-17(18,19)20;/h11,13H,4-10,12H2,1-3H3,(H2,21,22,23);1H. The number of hydrogen-bond acceptors (Lipinski definition) is 5. The largest absolute Gasteiger partial charge is 0.401 e. The van der Waals surface area contributed by atoms with Crippen molar-refractivity contribution in [3.8, 4) is 0 Å². The molecule has 2 N–H and O–H groups in total. The summed E-state index contributed by atoms with van der Waals surface area (Å²) in [5, 5.41) is 9.50. The highest BCUT2D eigenvalue weighted by Crippen LogP contribution is 2.24. The topological polar surface area (TPSA) is 55.8 Å². The first-order valence-corrected chi connectivity index (χ1v) is 10.00. The van der Waals surface area contributed by atoms with Crippen LogP contribution in [0.15, 0.2) is 10.4 Å². The third-order valence-corrected chi connectivity index (χ3v) is 5.60. The molecular formula is C17H30F3IN6S. The molecule has 2 rings (SSSR count). The zero-order valence-electron chi connectivity index (χ0n) is 16.6. The van der Waals surface area contributed by atoms with Crippen LogP contribution in [0.5, 0.6) is 0 Å². The van der Waals surface area contributed by atoms with Crippen LogP contribution in [0.2, 0.25) is 0 Å². The van der Waals surface area contributed by atoms with Crippen molar-refractivity contribution in [2.45, 2.75) is 32.0 Å². The molecule has 1 fully saturated rings. The zero-order valence-corrected chi connectivity index (χ0v) is 19.7. The highest BCUT2D eigenvalue weighted by molar-refractivity contribution is 14.0. The number of hydrogen-bond donors (Lipinski definition) is 2. The van der Waals surface area contributed by atoms with E-state index in [1.165, 1.54) is 4.90 Å². The predicted molar refractivity (Wildman–Crippen MR) is 120 cm³/mol. The van der Waals surface area contributed by atoms with Gasteiger partial charge in [0.05, 0.1) is 18.8 Å². The molecule has 0 spiro atoms. The van der Waals surface area contributed by atoms with Gasteiger partial charge in [-0.25, -0.2) is 4.98 Å². The first kappa shape index (κ1) is 25.2. The molecule has 162 valence electrons. The van der Waals surface area contributed by atoms with Crippen molar-refractivity contribution in [3.05, 3.63) is 11.1 Å². The summed E-state index contributed by atoms with van der Waals surface area (Å²) in [6.07, 6.45) is -1.54. The van der Waals surface area contributed by atoms with Crippen molar-refractivity contribution in [1.82, 2.24) is 20.5 Å². The molecular weight excluding hydrogens is 504 g/mol. The van der Waals surface area contributed by atoms with Crippen molar-refractivity contribution in [2.24, 2.45) is 10.9 Å². The summed E-state index contributed by atoms with van der Waals surface area (Å²) in [5.41, 5.74) is 0.962.